The van der Waals surface area contributed by atoms with Gasteiger partial charge in [-0.3, -0.25) is 20.4 Å². The predicted octanol–water partition coefficient (Wildman–Crippen LogP) is 3.10. The molecule has 2 rings (SSSR count). The molecule has 24 heavy (non-hydrogen) atoms. The highest BCUT2D eigenvalue weighted by Crippen LogP contribution is 2.20. The molecule has 5 nitrogen and oxygen atoms in total. The Balaban J connectivity index is 1.96. The predicted molar refractivity (Wildman–Crippen MR) is 88.2 cm³/mol. The van der Waals surface area contributed by atoms with Crippen molar-refractivity contribution in [3.8, 4) is 5.75 Å². The molecule has 0 aliphatic heterocycles. The molecule has 126 valence electrons. The molecule has 2 aromatic carbocycles. The van der Waals surface area contributed by atoms with Crippen LogP contribution in [0.5, 0.6) is 5.75 Å². The number of hydrogen-bond donors (Lipinski definition) is 2. The number of rotatable bonds is 4. The van der Waals surface area contributed by atoms with Gasteiger partial charge in [-0.2, -0.15) is 0 Å². The fourth-order valence-electron chi connectivity index (χ4n) is 1.82. The number of carbonyl (C=O) groups excluding carboxylic acids is 2. The summed E-state index contributed by atoms with van der Waals surface area (Å²) in [6.07, 6.45) is 0. The summed E-state index contributed by atoms with van der Waals surface area (Å²) in [5.74, 6) is -1.59. The SMILES string of the molecule is CC(C)(Oc1ccc(Cl)cc1)C(=O)NNC(=O)c1ccccc1F. The summed E-state index contributed by atoms with van der Waals surface area (Å²) < 4.78 is 19.1. The molecule has 7 heteroatoms. The van der Waals surface area contributed by atoms with Crippen LogP contribution in [0.2, 0.25) is 5.02 Å². The lowest BCUT2D eigenvalue weighted by Crippen LogP contribution is -2.53. The number of carbonyl (C=O) groups is 2. The van der Waals surface area contributed by atoms with E-state index in [-0.39, 0.29) is 5.56 Å². The lowest BCUT2D eigenvalue weighted by atomic mass is 10.1. The van der Waals surface area contributed by atoms with E-state index in [0.717, 1.165) is 6.07 Å². The van der Waals surface area contributed by atoms with Crippen LogP contribution in [0.1, 0.15) is 24.2 Å². The Morgan fingerprint density at radius 3 is 2.29 bits per heavy atom. The van der Waals surface area contributed by atoms with Crippen LogP contribution in [0.3, 0.4) is 0 Å². The van der Waals surface area contributed by atoms with E-state index in [1.807, 2.05) is 0 Å². The van der Waals surface area contributed by atoms with Gasteiger partial charge in [-0.05, 0) is 50.2 Å². The fraction of sp³-hybridized carbons (Fsp3) is 0.176. The normalized spacial score (nSPS) is 10.8. The van der Waals surface area contributed by atoms with E-state index in [0.29, 0.717) is 10.8 Å². The van der Waals surface area contributed by atoms with Crippen LogP contribution in [-0.2, 0) is 4.79 Å². The second kappa shape index (κ2) is 7.31. The molecule has 2 amide bonds. The topological polar surface area (TPSA) is 67.4 Å². The molecule has 0 bridgehead atoms. The quantitative estimate of drug-likeness (QED) is 0.833. The summed E-state index contributed by atoms with van der Waals surface area (Å²) in [6.45, 7) is 3.07. The zero-order valence-corrected chi connectivity index (χ0v) is 13.9. The maximum absolute atomic E-state index is 13.5. The molecule has 0 aromatic heterocycles. The fourth-order valence-corrected chi connectivity index (χ4v) is 1.95. The summed E-state index contributed by atoms with van der Waals surface area (Å²) in [4.78, 5) is 24.1. The molecular weight excluding hydrogens is 335 g/mol. The smallest absolute Gasteiger partial charge is 0.281 e. The number of ether oxygens (including phenoxy) is 1. The summed E-state index contributed by atoms with van der Waals surface area (Å²) in [5.41, 5.74) is 2.95. The standard InChI is InChI=1S/C17H16ClFN2O3/c1-17(2,24-12-9-7-11(18)8-10-12)16(23)21-20-15(22)13-5-3-4-6-14(13)19/h3-10H,1-2H3,(H,20,22)(H,21,23). The third-order valence-electron chi connectivity index (χ3n) is 3.14. The average molecular weight is 351 g/mol. The maximum Gasteiger partial charge on any atom is 0.281 e. The third kappa shape index (κ3) is 4.45. The van der Waals surface area contributed by atoms with Crippen LogP contribution in [0.25, 0.3) is 0 Å². The number of hydrogen-bond acceptors (Lipinski definition) is 3. The van der Waals surface area contributed by atoms with Crippen molar-refractivity contribution in [3.05, 3.63) is 64.9 Å². The Kier molecular flexibility index (Phi) is 5.41. The van der Waals surface area contributed by atoms with Gasteiger partial charge < -0.3 is 4.74 Å². The maximum atomic E-state index is 13.5. The number of nitrogens with one attached hydrogen (secondary N) is 2. The third-order valence-corrected chi connectivity index (χ3v) is 3.39. The molecule has 0 spiro atoms. The Bertz CT molecular complexity index is 748. The highest BCUT2D eigenvalue weighted by atomic mass is 35.5. The van der Waals surface area contributed by atoms with Gasteiger partial charge in [0.15, 0.2) is 5.60 Å². The monoisotopic (exact) mass is 350 g/mol. The minimum atomic E-state index is -1.27. The molecule has 0 aliphatic rings. The zero-order valence-electron chi connectivity index (χ0n) is 13.1. The van der Waals surface area contributed by atoms with Crippen LogP contribution in [0.15, 0.2) is 48.5 Å². The van der Waals surface area contributed by atoms with Crippen LogP contribution in [-0.4, -0.2) is 17.4 Å². The van der Waals surface area contributed by atoms with Gasteiger partial charge in [0.2, 0.25) is 0 Å². The number of halogens is 2. The van der Waals surface area contributed by atoms with Crippen LogP contribution >= 0.6 is 11.6 Å². The van der Waals surface area contributed by atoms with Crippen molar-refractivity contribution in [2.75, 3.05) is 0 Å². The van der Waals surface area contributed by atoms with Gasteiger partial charge in [-0.15, -0.1) is 0 Å². The first-order chi connectivity index (χ1) is 11.3. The summed E-state index contributed by atoms with van der Waals surface area (Å²) in [5, 5.41) is 0.543. The van der Waals surface area contributed by atoms with E-state index in [1.165, 1.54) is 32.0 Å². The van der Waals surface area contributed by atoms with Gasteiger partial charge in [0.25, 0.3) is 11.8 Å². The number of benzene rings is 2. The first kappa shape index (κ1) is 17.7. The largest absolute Gasteiger partial charge is 0.478 e. The molecule has 0 heterocycles. The lowest BCUT2D eigenvalue weighted by Gasteiger charge is -2.25. The average Bonchev–Trinajstić information content (AvgIpc) is 2.54. The van der Waals surface area contributed by atoms with Crippen molar-refractivity contribution in [2.24, 2.45) is 0 Å². The van der Waals surface area contributed by atoms with Crippen molar-refractivity contribution in [1.82, 2.24) is 10.9 Å². The molecule has 0 unspecified atom stereocenters. The first-order valence-electron chi connectivity index (χ1n) is 7.09. The van der Waals surface area contributed by atoms with Crippen LogP contribution in [0, 0.1) is 5.82 Å². The molecule has 0 fully saturated rings. The van der Waals surface area contributed by atoms with E-state index in [4.69, 9.17) is 16.3 Å². The van der Waals surface area contributed by atoms with E-state index < -0.39 is 23.2 Å². The second-order valence-corrected chi connectivity index (χ2v) is 5.89. The van der Waals surface area contributed by atoms with Crippen molar-refractivity contribution < 1.29 is 18.7 Å². The van der Waals surface area contributed by atoms with Crippen molar-refractivity contribution >= 4 is 23.4 Å². The molecule has 0 aliphatic carbocycles. The minimum Gasteiger partial charge on any atom is -0.478 e. The minimum absolute atomic E-state index is 0.172. The second-order valence-electron chi connectivity index (χ2n) is 5.45. The van der Waals surface area contributed by atoms with Crippen molar-refractivity contribution in [2.45, 2.75) is 19.4 Å². The Morgan fingerprint density at radius 2 is 1.67 bits per heavy atom. The highest BCUT2D eigenvalue weighted by molar-refractivity contribution is 6.30. The number of amides is 2. The molecule has 2 aromatic rings. The molecule has 0 saturated carbocycles. The van der Waals surface area contributed by atoms with E-state index >= 15 is 0 Å². The van der Waals surface area contributed by atoms with Crippen molar-refractivity contribution in [3.63, 3.8) is 0 Å². The lowest BCUT2D eigenvalue weighted by molar-refractivity contribution is -0.135. The molecule has 2 N–H and O–H groups in total. The molecular formula is C17H16ClFN2O3. The zero-order chi connectivity index (χ0) is 17.7. The first-order valence-corrected chi connectivity index (χ1v) is 7.47. The Labute approximate surface area is 143 Å². The van der Waals surface area contributed by atoms with Gasteiger partial charge in [0.1, 0.15) is 11.6 Å². The number of hydrazine groups is 1. The molecule has 0 saturated heterocycles. The van der Waals surface area contributed by atoms with Gasteiger partial charge in [-0.25, -0.2) is 4.39 Å². The Hall–Kier alpha value is -2.60. The van der Waals surface area contributed by atoms with Gasteiger partial charge in [0.05, 0.1) is 5.56 Å². The van der Waals surface area contributed by atoms with Gasteiger partial charge in [0, 0.05) is 5.02 Å². The van der Waals surface area contributed by atoms with Crippen LogP contribution in [0.4, 0.5) is 4.39 Å². The van der Waals surface area contributed by atoms with E-state index in [1.54, 1.807) is 24.3 Å². The van der Waals surface area contributed by atoms with Gasteiger partial charge in [-0.1, -0.05) is 23.7 Å². The molecule has 0 radical (unpaired) electrons. The Morgan fingerprint density at radius 1 is 1.04 bits per heavy atom. The summed E-state index contributed by atoms with van der Waals surface area (Å²) in [7, 11) is 0. The van der Waals surface area contributed by atoms with Gasteiger partial charge >= 0.3 is 0 Å². The summed E-state index contributed by atoms with van der Waals surface area (Å²) in [6, 6.07) is 12.0. The van der Waals surface area contributed by atoms with E-state index in [9.17, 15) is 14.0 Å². The highest BCUT2D eigenvalue weighted by Gasteiger charge is 2.30. The molecule has 0 atom stereocenters. The van der Waals surface area contributed by atoms with Crippen LogP contribution < -0.4 is 15.6 Å². The summed E-state index contributed by atoms with van der Waals surface area (Å²) >= 11 is 5.79. The van der Waals surface area contributed by atoms with E-state index in [2.05, 4.69) is 10.9 Å². The van der Waals surface area contributed by atoms with Crippen molar-refractivity contribution in [1.29, 1.82) is 0 Å².